The number of hydrogen-bond acceptors (Lipinski definition) is 6. The number of methoxy groups -OCH3 is 1. The molecule has 5 rings (SSSR count). The second kappa shape index (κ2) is 7.96. The SMILES string of the molecule is COc1ccc(F)c(CN2C[C@H]3C[C@@H](Oc4ccc5c(c4)OCO5)[C@H](O)C[C@H]3C2)c1. The molecule has 2 aliphatic heterocycles. The van der Waals surface area contributed by atoms with E-state index in [1.54, 1.807) is 19.2 Å². The summed E-state index contributed by atoms with van der Waals surface area (Å²) in [6, 6.07) is 10.3. The molecule has 0 spiro atoms. The fraction of sp³-hybridized carbons (Fsp3) is 0.478. The molecule has 2 fully saturated rings. The van der Waals surface area contributed by atoms with Gasteiger partial charge in [-0.2, -0.15) is 0 Å². The van der Waals surface area contributed by atoms with E-state index in [9.17, 15) is 9.50 Å². The van der Waals surface area contributed by atoms with Gasteiger partial charge in [-0.3, -0.25) is 4.90 Å². The monoisotopic (exact) mass is 415 g/mol. The van der Waals surface area contributed by atoms with E-state index in [1.165, 1.54) is 6.07 Å². The minimum Gasteiger partial charge on any atom is -0.497 e. The van der Waals surface area contributed by atoms with Crippen molar-refractivity contribution in [1.82, 2.24) is 4.90 Å². The molecule has 160 valence electrons. The Morgan fingerprint density at radius 2 is 1.80 bits per heavy atom. The summed E-state index contributed by atoms with van der Waals surface area (Å²) in [5, 5.41) is 10.7. The third kappa shape index (κ3) is 3.79. The summed E-state index contributed by atoms with van der Waals surface area (Å²) < 4.78 is 36.3. The second-order valence-electron chi connectivity index (χ2n) is 8.38. The number of aliphatic hydroxyl groups excluding tert-OH is 1. The molecular weight excluding hydrogens is 389 g/mol. The van der Waals surface area contributed by atoms with Crippen molar-refractivity contribution in [3.63, 3.8) is 0 Å². The van der Waals surface area contributed by atoms with Crippen LogP contribution in [0.15, 0.2) is 36.4 Å². The van der Waals surface area contributed by atoms with E-state index < -0.39 is 6.10 Å². The summed E-state index contributed by atoms with van der Waals surface area (Å²) in [5.74, 6) is 3.32. The number of likely N-dealkylation sites (tertiary alicyclic amines) is 1. The fourth-order valence-corrected chi connectivity index (χ4v) is 4.91. The normalized spacial score (nSPS) is 27.7. The fourth-order valence-electron chi connectivity index (χ4n) is 4.91. The first-order valence-corrected chi connectivity index (χ1v) is 10.4. The standard InChI is InChI=1S/C23H26FNO5/c1-27-17-2-4-19(24)16(6-17)12-25-10-14-7-20(26)22(8-15(14)11-25)30-18-3-5-21-23(9-18)29-13-28-21/h2-6,9,14-15,20,22,26H,7-8,10-13H2,1H3/t14-,15+,20+,22+/m0/s1. The van der Waals surface area contributed by atoms with Gasteiger partial charge in [0, 0.05) is 31.3 Å². The highest BCUT2D eigenvalue weighted by atomic mass is 19.1. The molecule has 2 aromatic carbocycles. The van der Waals surface area contributed by atoms with Crippen LogP contribution in [0.5, 0.6) is 23.0 Å². The molecule has 1 saturated heterocycles. The maximum absolute atomic E-state index is 14.2. The molecule has 6 nitrogen and oxygen atoms in total. The molecule has 0 radical (unpaired) electrons. The molecule has 1 aliphatic carbocycles. The lowest BCUT2D eigenvalue weighted by molar-refractivity contribution is -0.0232. The number of fused-ring (bicyclic) bond motifs is 2. The number of benzene rings is 2. The highest BCUT2D eigenvalue weighted by molar-refractivity contribution is 5.47. The Bertz CT molecular complexity index is 922. The smallest absolute Gasteiger partial charge is 0.231 e. The van der Waals surface area contributed by atoms with Crippen LogP contribution in [0.2, 0.25) is 0 Å². The van der Waals surface area contributed by atoms with Gasteiger partial charge in [-0.25, -0.2) is 4.39 Å². The third-order valence-corrected chi connectivity index (χ3v) is 6.44. The number of nitrogens with zero attached hydrogens (tertiary/aromatic N) is 1. The number of hydrogen-bond donors (Lipinski definition) is 1. The van der Waals surface area contributed by atoms with Crippen molar-refractivity contribution in [2.24, 2.45) is 11.8 Å². The Hall–Kier alpha value is -2.51. The van der Waals surface area contributed by atoms with Gasteiger partial charge in [-0.15, -0.1) is 0 Å². The van der Waals surface area contributed by atoms with Crippen LogP contribution < -0.4 is 18.9 Å². The van der Waals surface area contributed by atoms with E-state index in [0.29, 0.717) is 53.4 Å². The predicted octanol–water partition coefficient (Wildman–Crippen LogP) is 3.21. The van der Waals surface area contributed by atoms with Gasteiger partial charge in [0.15, 0.2) is 11.5 Å². The molecular formula is C23H26FNO5. The van der Waals surface area contributed by atoms with Crippen molar-refractivity contribution in [2.75, 3.05) is 27.0 Å². The summed E-state index contributed by atoms with van der Waals surface area (Å²) in [7, 11) is 1.59. The quantitative estimate of drug-likeness (QED) is 0.809. The summed E-state index contributed by atoms with van der Waals surface area (Å²) >= 11 is 0. The first-order valence-electron chi connectivity index (χ1n) is 10.4. The zero-order valence-corrected chi connectivity index (χ0v) is 16.9. The van der Waals surface area contributed by atoms with E-state index in [-0.39, 0.29) is 18.7 Å². The van der Waals surface area contributed by atoms with E-state index in [1.807, 2.05) is 18.2 Å². The Balaban J connectivity index is 1.23. The number of aliphatic hydroxyl groups is 1. The maximum Gasteiger partial charge on any atom is 0.231 e. The van der Waals surface area contributed by atoms with E-state index in [4.69, 9.17) is 18.9 Å². The molecule has 1 saturated carbocycles. The van der Waals surface area contributed by atoms with Crippen LogP contribution in [0, 0.1) is 17.7 Å². The van der Waals surface area contributed by atoms with Gasteiger partial charge in [-0.05, 0) is 55.0 Å². The van der Waals surface area contributed by atoms with Gasteiger partial charge in [0.2, 0.25) is 6.79 Å². The van der Waals surface area contributed by atoms with Crippen LogP contribution in [0.4, 0.5) is 4.39 Å². The molecule has 1 N–H and O–H groups in total. The van der Waals surface area contributed by atoms with Crippen LogP contribution in [0.25, 0.3) is 0 Å². The molecule has 4 atom stereocenters. The molecule has 0 amide bonds. The lowest BCUT2D eigenvalue weighted by Crippen LogP contribution is -2.42. The van der Waals surface area contributed by atoms with Crippen molar-refractivity contribution >= 4 is 0 Å². The van der Waals surface area contributed by atoms with Gasteiger partial charge in [0.25, 0.3) is 0 Å². The highest BCUT2D eigenvalue weighted by Gasteiger charge is 2.42. The van der Waals surface area contributed by atoms with Crippen molar-refractivity contribution in [1.29, 1.82) is 0 Å². The zero-order chi connectivity index (χ0) is 20.7. The summed E-state index contributed by atoms with van der Waals surface area (Å²) in [6.07, 6.45) is 0.680. The van der Waals surface area contributed by atoms with Crippen molar-refractivity contribution in [3.8, 4) is 23.0 Å². The Labute approximate surface area is 175 Å². The number of rotatable bonds is 5. The largest absolute Gasteiger partial charge is 0.497 e. The Morgan fingerprint density at radius 3 is 2.63 bits per heavy atom. The summed E-state index contributed by atoms with van der Waals surface area (Å²) in [4.78, 5) is 2.27. The summed E-state index contributed by atoms with van der Waals surface area (Å²) in [6.45, 7) is 2.49. The van der Waals surface area contributed by atoms with Gasteiger partial charge >= 0.3 is 0 Å². The molecule has 30 heavy (non-hydrogen) atoms. The van der Waals surface area contributed by atoms with Crippen LogP contribution >= 0.6 is 0 Å². The molecule has 3 aliphatic rings. The summed E-state index contributed by atoms with van der Waals surface area (Å²) in [5.41, 5.74) is 0.640. The van der Waals surface area contributed by atoms with Crippen LogP contribution in [0.3, 0.4) is 0 Å². The molecule has 2 aromatic rings. The van der Waals surface area contributed by atoms with E-state index in [0.717, 1.165) is 19.5 Å². The van der Waals surface area contributed by atoms with Crippen molar-refractivity contribution < 1.29 is 28.4 Å². The Morgan fingerprint density at radius 1 is 1.03 bits per heavy atom. The average molecular weight is 415 g/mol. The zero-order valence-electron chi connectivity index (χ0n) is 16.9. The first-order chi connectivity index (χ1) is 14.6. The number of halogens is 1. The molecule has 0 aromatic heterocycles. The molecule has 0 unspecified atom stereocenters. The van der Waals surface area contributed by atoms with Crippen molar-refractivity contribution in [3.05, 3.63) is 47.8 Å². The number of ether oxygens (including phenoxy) is 4. The lowest BCUT2D eigenvalue weighted by atomic mass is 9.78. The predicted molar refractivity (Wildman–Crippen MR) is 107 cm³/mol. The van der Waals surface area contributed by atoms with Gasteiger partial charge in [0.1, 0.15) is 23.4 Å². The van der Waals surface area contributed by atoms with Gasteiger partial charge in [0.05, 0.1) is 13.2 Å². The highest BCUT2D eigenvalue weighted by Crippen LogP contribution is 2.40. The maximum atomic E-state index is 14.2. The van der Waals surface area contributed by atoms with Gasteiger partial charge in [-0.1, -0.05) is 0 Å². The minimum atomic E-state index is -0.523. The van der Waals surface area contributed by atoms with Crippen LogP contribution in [-0.4, -0.2) is 49.2 Å². The molecule has 2 heterocycles. The lowest BCUT2D eigenvalue weighted by Gasteiger charge is -2.35. The van der Waals surface area contributed by atoms with Crippen molar-refractivity contribution in [2.45, 2.75) is 31.6 Å². The second-order valence-corrected chi connectivity index (χ2v) is 8.38. The average Bonchev–Trinajstić information content (AvgIpc) is 3.35. The van der Waals surface area contributed by atoms with E-state index in [2.05, 4.69) is 4.90 Å². The van der Waals surface area contributed by atoms with Gasteiger partial charge < -0.3 is 24.1 Å². The first kappa shape index (κ1) is 19.5. The molecule has 7 heteroatoms. The van der Waals surface area contributed by atoms with Crippen LogP contribution in [0.1, 0.15) is 18.4 Å². The molecule has 0 bridgehead atoms. The third-order valence-electron chi connectivity index (χ3n) is 6.44. The minimum absolute atomic E-state index is 0.213. The van der Waals surface area contributed by atoms with Crippen LogP contribution in [-0.2, 0) is 6.54 Å². The van der Waals surface area contributed by atoms with E-state index >= 15 is 0 Å². The Kier molecular flexibility index (Phi) is 5.16. The topological polar surface area (TPSA) is 60.4 Å².